The fourth-order valence-electron chi connectivity index (χ4n) is 5.13. The first-order valence-corrected chi connectivity index (χ1v) is 12.8. The molecule has 5 rings (SSSR count). The van der Waals surface area contributed by atoms with Crippen LogP contribution < -0.4 is 25.7 Å². The topological polar surface area (TPSA) is 126 Å². The molecule has 3 heterocycles. The van der Waals surface area contributed by atoms with Gasteiger partial charge in [-0.05, 0) is 56.2 Å². The average Bonchev–Trinajstić information content (AvgIpc) is 3.41. The maximum Gasteiger partial charge on any atom is 0.341 e. The van der Waals surface area contributed by atoms with Crippen molar-refractivity contribution >= 4 is 40.3 Å². The number of aryl methyl sites for hydroxylation is 1. The van der Waals surface area contributed by atoms with Crippen molar-refractivity contribution in [3.63, 3.8) is 0 Å². The minimum absolute atomic E-state index is 0.0696. The van der Waals surface area contributed by atoms with E-state index in [0.29, 0.717) is 48.0 Å². The number of carboxylic acids is 1. The number of nitrogens with one attached hydrogen (secondary N) is 2. The van der Waals surface area contributed by atoms with Gasteiger partial charge in [-0.15, -0.1) is 0 Å². The van der Waals surface area contributed by atoms with Crippen molar-refractivity contribution in [2.45, 2.75) is 25.8 Å². The van der Waals surface area contributed by atoms with Crippen molar-refractivity contribution in [1.82, 2.24) is 9.55 Å². The molecular weight excluding hydrogens is 517 g/mol. The van der Waals surface area contributed by atoms with Gasteiger partial charge in [-0.2, -0.15) is 0 Å². The first-order valence-electron chi connectivity index (χ1n) is 12.8. The van der Waals surface area contributed by atoms with Gasteiger partial charge in [0.05, 0.1) is 28.6 Å². The SMILES string of the molecule is CNc1ccc(-n2cc(C(=O)O)c(=O)c3cc(F)c(N4CCCC4COc4ncccc4C)cc32)cc1NC=O. The molecule has 1 aliphatic rings. The normalized spacial score (nSPS) is 14.8. The molecule has 1 atom stereocenters. The number of aromatic nitrogens is 2. The first kappa shape index (κ1) is 26.7. The Morgan fingerprint density at radius 2 is 2.08 bits per heavy atom. The number of anilines is 3. The van der Waals surface area contributed by atoms with Crippen LogP contribution in [0.2, 0.25) is 0 Å². The van der Waals surface area contributed by atoms with E-state index in [1.165, 1.54) is 10.8 Å². The molecule has 4 aromatic rings. The molecule has 0 aliphatic carbocycles. The van der Waals surface area contributed by atoms with Crippen LogP contribution >= 0.6 is 0 Å². The van der Waals surface area contributed by atoms with Crippen LogP contribution in [0, 0.1) is 12.7 Å². The number of ether oxygens (including phenoxy) is 1. The number of hydrogen-bond acceptors (Lipinski definition) is 7. The Morgan fingerprint density at radius 1 is 1.25 bits per heavy atom. The molecular formula is C29H28FN5O5. The highest BCUT2D eigenvalue weighted by atomic mass is 19.1. The van der Waals surface area contributed by atoms with Gasteiger partial charge in [-0.1, -0.05) is 6.07 Å². The fourth-order valence-corrected chi connectivity index (χ4v) is 5.13. The molecule has 11 heteroatoms. The number of halogens is 1. The van der Waals surface area contributed by atoms with E-state index < -0.39 is 22.8 Å². The van der Waals surface area contributed by atoms with Gasteiger partial charge in [0, 0.05) is 42.6 Å². The highest BCUT2D eigenvalue weighted by Crippen LogP contribution is 2.33. The van der Waals surface area contributed by atoms with E-state index in [1.807, 2.05) is 24.0 Å². The largest absolute Gasteiger partial charge is 0.477 e. The zero-order valence-electron chi connectivity index (χ0n) is 22.0. The molecule has 10 nitrogen and oxygen atoms in total. The number of nitrogens with zero attached hydrogens (tertiary/aromatic N) is 3. The minimum Gasteiger partial charge on any atom is -0.477 e. The quantitative estimate of drug-likeness (QED) is 0.268. The van der Waals surface area contributed by atoms with Gasteiger partial charge in [-0.3, -0.25) is 9.59 Å². The van der Waals surface area contributed by atoms with Crippen molar-refractivity contribution in [3.05, 3.63) is 82.0 Å². The number of carboxylic acid groups (broad SMARTS) is 1. The van der Waals surface area contributed by atoms with E-state index in [2.05, 4.69) is 15.6 Å². The molecule has 0 radical (unpaired) electrons. The molecule has 2 aromatic carbocycles. The summed E-state index contributed by atoms with van der Waals surface area (Å²) in [4.78, 5) is 42.4. The average molecular weight is 546 g/mol. The second-order valence-corrected chi connectivity index (χ2v) is 9.54. The Morgan fingerprint density at radius 3 is 2.80 bits per heavy atom. The number of benzene rings is 2. The van der Waals surface area contributed by atoms with E-state index in [1.54, 1.807) is 37.5 Å². The predicted octanol–water partition coefficient (Wildman–Crippen LogP) is 4.19. The lowest BCUT2D eigenvalue weighted by atomic mass is 10.1. The molecule has 1 unspecified atom stereocenters. The summed E-state index contributed by atoms with van der Waals surface area (Å²) in [6.45, 7) is 2.78. The summed E-state index contributed by atoms with van der Waals surface area (Å²) in [7, 11) is 1.70. The molecule has 1 aliphatic heterocycles. The summed E-state index contributed by atoms with van der Waals surface area (Å²) < 4.78 is 23.1. The maximum atomic E-state index is 15.6. The number of fused-ring (bicyclic) bond motifs is 1. The Labute approximate surface area is 229 Å². The molecule has 1 fully saturated rings. The zero-order valence-corrected chi connectivity index (χ0v) is 22.0. The van der Waals surface area contributed by atoms with Crippen LogP contribution in [-0.2, 0) is 4.79 Å². The second kappa shape index (κ2) is 11.0. The van der Waals surface area contributed by atoms with Crippen LogP contribution in [0.1, 0.15) is 28.8 Å². The summed E-state index contributed by atoms with van der Waals surface area (Å²) in [6.07, 6.45) is 5.01. The smallest absolute Gasteiger partial charge is 0.341 e. The highest BCUT2D eigenvalue weighted by molar-refractivity contribution is 5.94. The molecule has 1 amide bonds. The Bertz CT molecular complexity index is 1670. The van der Waals surface area contributed by atoms with E-state index >= 15 is 4.39 Å². The molecule has 1 saturated heterocycles. The lowest BCUT2D eigenvalue weighted by Crippen LogP contribution is -2.35. The Hall–Kier alpha value is -4.93. The van der Waals surface area contributed by atoms with E-state index in [-0.39, 0.29) is 17.1 Å². The zero-order chi connectivity index (χ0) is 28.4. The summed E-state index contributed by atoms with van der Waals surface area (Å²) in [6, 6.07) is 11.3. The van der Waals surface area contributed by atoms with Gasteiger partial charge < -0.3 is 29.9 Å². The summed E-state index contributed by atoms with van der Waals surface area (Å²) >= 11 is 0. The molecule has 3 N–H and O–H groups in total. The van der Waals surface area contributed by atoms with Gasteiger partial charge in [0.1, 0.15) is 18.0 Å². The lowest BCUT2D eigenvalue weighted by molar-refractivity contribution is -0.105. The van der Waals surface area contributed by atoms with Gasteiger partial charge in [0.2, 0.25) is 17.7 Å². The monoisotopic (exact) mass is 545 g/mol. The number of rotatable bonds is 9. The molecule has 206 valence electrons. The van der Waals surface area contributed by atoms with Crippen molar-refractivity contribution < 1.29 is 23.8 Å². The van der Waals surface area contributed by atoms with Crippen LogP contribution in [0.4, 0.5) is 21.5 Å². The van der Waals surface area contributed by atoms with E-state index in [9.17, 15) is 19.5 Å². The van der Waals surface area contributed by atoms with Gasteiger partial charge in [-0.25, -0.2) is 14.2 Å². The van der Waals surface area contributed by atoms with Crippen molar-refractivity contribution in [1.29, 1.82) is 0 Å². The number of pyridine rings is 2. The summed E-state index contributed by atoms with van der Waals surface area (Å²) in [5.41, 5.74) is 1.78. The van der Waals surface area contributed by atoms with Crippen LogP contribution in [0.5, 0.6) is 5.88 Å². The van der Waals surface area contributed by atoms with Crippen LogP contribution in [0.15, 0.2) is 59.7 Å². The minimum atomic E-state index is -1.43. The Balaban J connectivity index is 1.62. The third kappa shape index (κ3) is 4.93. The van der Waals surface area contributed by atoms with Crippen LogP contribution in [-0.4, -0.2) is 53.3 Å². The Kier molecular flexibility index (Phi) is 7.37. The van der Waals surface area contributed by atoms with Crippen molar-refractivity contribution in [3.8, 4) is 11.6 Å². The van der Waals surface area contributed by atoms with Gasteiger partial charge in [0.15, 0.2) is 0 Å². The highest BCUT2D eigenvalue weighted by Gasteiger charge is 2.29. The number of hydrogen-bond donors (Lipinski definition) is 3. The van der Waals surface area contributed by atoms with Crippen molar-refractivity contribution in [2.75, 3.05) is 35.7 Å². The van der Waals surface area contributed by atoms with Crippen molar-refractivity contribution in [2.24, 2.45) is 0 Å². The van der Waals surface area contributed by atoms with Crippen LogP contribution in [0.25, 0.3) is 16.6 Å². The van der Waals surface area contributed by atoms with E-state index in [4.69, 9.17) is 4.74 Å². The van der Waals surface area contributed by atoms with Gasteiger partial charge >= 0.3 is 5.97 Å². The van der Waals surface area contributed by atoms with E-state index in [0.717, 1.165) is 24.5 Å². The predicted molar refractivity (Wildman–Crippen MR) is 151 cm³/mol. The summed E-state index contributed by atoms with van der Waals surface area (Å²) in [5.74, 6) is -1.54. The fraction of sp³-hybridized carbons (Fsp3) is 0.241. The molecule has 2 aromatic heterocycles. The number of carbonyl (C=O) groups is 2. The number of aromatic carboxylic acids is 1. The third-order valence-corrected chi connectivity index (χ3v) is 7.13. The molecule has 0 bridgehead atoms. The molecule has 0 saturated carbocycles. The molecule has 0 spiro atoms. The summed E-state index contributed by atoms with van der Waals surface area (Å²) in [5, 5.41) is 15.2. The first-order chi connectivity index (χ1) is 19.3. The standard InChI is InChI=1S/C29H28FN5O5/c1-17-5-3-9-32-28(17)40-15-19-6-4-10-34(19)26-13-25-20(12-22(26)30)27(37)21(29(38)39)14-35(25)18-7-8-23(31-2)24(11-18)33-16-36/h3,5,7-9,11-14,16,19,31H,4,6,10,15H2,1-2H3,(H,33,36)(H,38,39). The third-order valence-electron chi connectivity index (χ3n) is 7.13. The van der Waals surface area contributed by atoms with Gasteiger partial charge in [0.25, 0.3) is 0 Å². The number of amides is 1. The maximum absolute atomic E-state index is 15.6. The lowest BCUT2D eigenvalue weighted by Gasteiger charge is -2.28. The van der Waals surface area contributed by atoms with Crippen LogP contribution in [0.3, 0.4) is 0 Å². The molecule has 40 heavy (non-hydrogen) atoms. The second-order valence-electron chi connectivity index (χ2n) is 9.54. The number of carbonyl (C=O) groups excluding carboxylic acids is 1.